The summed E-state index contributed by atoms with van der Waals surface area (Å²) in [5.41, 5.74) is 15.3. The molecule has 0 radical (unpaired) electrons. The van der Waals surface area contributed by atoms with E-state index in [2.05, 4.69) is 60.7 Å². The summed E-state index contributed by atoms with van der Waals surface area (Å²) in [6, 6.07) is 23.5. The van der Waals surface area contributed by atoms with Crippen molar-refractivity contribution in [1.29, 1.82) is 0 Å². The average molecular weight is 271 g/mol. The Labute approximate surface area is 125 Å². The molecule has 0 spiro atoms. The second-order valence-corrected chi connectivity index (χ2v) is 5.66. The molecule has 0 saturated carbocycles. The van der Waals surface area contributed by atoms with Crippen molar-refractivity contribution in [2.75, 3.05) is 5.73 Å². The molecule has 0 atom stereocenters. The number of rotatable bonds is 2. The maximum absolute atomic E-state index is 6.46. The molecule has 2 N–H and O–H groups in total. The van der Waals surface area contributed by atoms with Crippen LogP contribution in [0.1, 0.15) is 22.3 Å². The first-order chi connectivity index (χ1) is 10.3. The number of benzene rings is 3. The molecule has 0 amide bonds. The number of anilines is 1. The van der Waals surface area contributed by atoms with Gasteiger partial charge in [-0.25, -0.2) is 0 Å². The molecular formula is C20H17N. The largest absolute Gasteiger partial charge is 0.398 e. The molecule has 3 aromatic rings. The zero-order valence-corrected chi connectivity index (χ0v) is 11.8. The van der Waals surface area contributed by atoms with E-state index in [1.165, 1.54) is 33.4 Å². The van der Waals surface area contributed by atoms with Crippen LogP contribution < -0.4 is 5.73 Å². The van der Waals surface area contributed by atoms with Crippen LogP contribution in [0, 0.1) is 0 Å². The molecule has 1 aliphatic carbocycles. The molecule has 1 aliphatic rings. The Hall–Kier alpha value is -2.54. The van der Waals surface area contributed by atoms with E-state index in [1.807, 2.05) is 6.07 Å². The number of nitrogens with two attached hydrogens (primary N) is 1. The summed E-state index contributed by atoms with van der Waals surface area (Å²) in [4.78, 5) is 0. The highest BCUT2D eigenvalue weighted by Gasteiger charge is 2.21. The molecule has 0 aromatic heterocycles. The summed E-state index contributed by atoms with van der Waals surface area (Å²) in [6.07, 6.45) is 1.86. The van der Waals surface area contributed by atoms with Crippen molar-refractivity contribution in [2.45, 2.75) is 12.8 Å². The summed E-state index contributed by atoms with van der Waals surface area (Å²) in [6.45, 7) is 0. The second kappa shape index (κ2) is 4.78. The first-order valence-corrected chi connectivity index (χ1v) is 7.35. The van der Waals surface area contributed by atoms with Crippen molar-refractivity contribution in [3.05, 3.63) is 89.0 Å². The monoisotopic (exact) mass is 271 g/mol. The highest BCUT2D eigenvalue weighted by molar-refractivity contribution is 5.82. The van der Waals surface area contributed by atoms with Gasteiger partial charge in [-0.1, -0.05) is 66.7 Å². The third-order valence-electron chi connectivity index (χ3n) is 4.36. The number of hydrogen-bond acceptors (Lipinski definition) is 1. The van der Waals surface area contributed by atoms with Gasteiger partial charge in [0.25, 0.3) is 0 Å². The first-order valence-electron chi connectivity index (χ1n) is 7.35. The van der Waals surface area contributed by atoms with Crippen LogP contribution in [0.5, 0.6) is 0 Å². The van der Waals surface area contributed by atoms with E-state index in [-0.39, 0.29) is 0 Å². The molecule has 102 valence electrons. The molecule has 0 unspecified atom stereocenters. The maximum atomic E-state index is 6.46. The van der Waals surface area contributed by atoms with E-state index >= 15 is 0 Å². The van der Waals surface area contributed by atoms with Crippen LogP contribution in [0.2, 0.25) is 0 Å². The highest BCUT2D eigenvalue weighted by Crippen LogP contribution is 2.40. The van der Waals surface area contributed by atoms with Crippen molar-refractivity contribution >= 4 is 5.69 Å². The van der Waals surface area contributed by atoms with E-state index < -0.39 is 0 Å². The van der Waals surface area contributed by atoms with Crippen molar-refractivity contribution in [2.24, 2.45) is 0 Å². The Morgan fingerprint density at radius 1 is 0.762 bits per heavy atom. The zero-order valence-electron chi connectivity index (χ0n) is 11.8. The Balaban J connectivity index is 1.76. The van der Waals surface area contributed by atoms with Gasteiger partial charge >= 0.3 is 0 Å². The summed E-state index contributed by atoms with van der Waals surface area (Å²) in [5.74, 6) is 0. The van der Waals surface area contributed by atoms with Gasteiger partial charge in [-0.15, -0.1) is 0 Å². The van der Waals surface area contributed by atoms with Crippen molar-refractivity contribution in [3.8, 4) is 11.1 Å². The molecule has 4 rings (SSSR count). The predicted molar refractivity (Wildman–Crippen MR) is 88.3 cm³/mol. The highest BCUT2D eigenvalue weighted by atomic mass is 14.6. The van der Waals surface area contributed by atoms with Gasteiger partial charge in [-0.05, 0) is 39.8 Å². The fourth-order valence-corrected chi connectivity index (χ4v) is 3.25. The van der Waals surface area contributed by atoms with Crippen LogP contribution in [0.25, 0.3) is 11.1 Å². The van der Waals surface area contributed by atoms with Crippen molar-refractivity contribution in [1.82, 2.24) is 0 Å². The van der Waals surface area contributed by atoms with Crippen LogP contribution in [0.3, 0.4) is 0 Å². The molecule has 3 aromatic carbocycles. The van der Waals surface area contributed by atoms with Gasteiger partial charge in [-0.3, -0.25) is 0 Å². The van der Waals surface area contributed by atoms with Gasteiger partial charge in [0.1, 0.15) is 0 Å². The average Bonchev–Trinajstić information content (AvgIpc) is 2.91. The SMILES string of the molecule is Nc1c(Cc2ccccc2)ccc2c1Cc1ccccc1-2. The minimum atomic E-state index is 0.899. The zero-order chi connectivity index (χ0) is 14.2. The summed E-state index contributed by atoms with van der Waals surface area (Å²) in [5, 5.41) is 0. The molecule has 21 heavy (non-hydrogen) atoms. The molecule has 0 aliphatic heterocycles. The third-order valence-corrected chi connectivity index (χ3v) is 4.36. The van der Waals surface area contributed by atoms with Crippen LogP contribution in [0.4, 0.5) is 5.69 Å². The Morgan fingerprint density at radius 2 is 1.52 bits per heavy atom. The summed E-state index contributed by atoms with van der Waals surface area (Å²) >= 11 is 0. The van der Waals surface area contributed by atoms with Crippen LogP contribution >= 0.6 is 0 Å². The van der Waals surface area contributed by atoms with Gasteiger partial charge in [0, 0.05) is 12.1 Å². The smallest absolute Gasteiger partial charge is 0.0392 e. The predicted octanol–water partition coefficient (Wildman–Crippen LogP) is 4.43. The van der Waals surface area contributed by atoms with Crippen LogP contribution in [0.15, 0.2) is 66.7 Å². The molecule has 0 fully saturated rings. The summed E-state index contributed by atoms with van der Waals surface area (Å²) < 4.78 is 0. The molecule has 0 heterocycles. The number of fused-ring (bicyclic) bond motifs is 3. The summed E-state index contributed by atoms with van der Waals surface area (Å²) in [7, 11) is 0. The van der Waals surface area contributed by atoms with Gasteiger partial charge in [0.15, 0.2) is 0 Å². The van der Waals surface area contributed by atoms with Gasteiger partial charge < -0.3 is 5.73 Å². The lowest BCUT2D eigenvalue weighted by Crippen LogP contribution is -2.00. The van der Waals surface area contributed by atoms with Gasteiger partial charge in [0.2, 0.25) is 0 Å². The van der Waals surface area contributed by atoms with Crippen molar-refractivity contribution < 1.29 is 0 Å². The minimum absolute atomic E-state index is 0.899. The van der Waals surface area contributed by atoms with E-state index in [4.69, 9.17) is 5.73 Å². The van der Waals surface area contributed by atoms with Crippen molar-refractivity contribution in [3.63, 3.8) is 0 Å². The first kappa shape index (κ1) is 12.2. The van der Waals surface area contributed by atoms with E-state index in [9.17, 15) is 0 Å². The quantitative estimate of drug-likeness (QED) is 0.536. The van der Waals surface area contributed by atoms with Gasteiger partial charge in [0.05, 0.1) is 0 Å². The lowest BCUT2D eigenvalue weighted by Gasteiger charge is -2.11. The molecule has 0 saturated heterocycles. The van der Waals surface area contributed by atoms with E-state index in [0.29, 0.717) is 0 Å². The Bertz CT molecular complexity index is 803. The molecular weight excluding hydrogens is 254 g/mol. The lowest BCUT2D eigenvalue weighted by atomic mass is 9.97. The van der Waals surface area contributed by atoms with Gasteiger partial charge in [-0.2, -0.15) is 0 Å². The van der Waals surface area contributed by atoms with Crippen LogP contribution in [-0.2, 0) is 12.8 Å². The standard InChI is InChI=1S/C20H17N/c21-20-16(12-14-6-2-1-3-7-14)10-11-18-17-9-5-4-8-15(17)13-19(18)20/h1-11H,12-13,21H2. The second-order valence-electron chi connectivity index (χ2n) is 5.66. The normalized spacial score (nSPS) is 12.0. The van der Waals surface area contributed by atoms with E-state index in [1.54, 1.807) is 0 Å². The Morgan fingerprint density at radius 3 is 2.38 bits per heavy atom. The topological polar surface area (TPSA) is 26.0 Å². The molecule has 0 bridgehead atoms. The number of hydrogen-bond donors (Lipinski definition) is 1. The minimum Gasteiger partial charge on any atom is -0.398 e. The maximum Gasteiger partial charge on any atom is 0.0392 e. The molecule has 1 nitrogen and oxygen atoms in total. The fraction of sp³-hybridized carbons (Fsp3) is 0.100. The van der Waals surface area contributed by atoms with E-state index in [0.717, 1.165) is 18.5 Å². The number of nitrogen functional groups attached to an aromatic ring is 1. The van der Waals surface area contributed by atoms with Crippen LogP contribution in [-0.4, -0.2) is 0 Å². The third kappa shape index (κ3) is 2.02. The fourth-order valence-electron chi connectivity index (χ4n) is 3.25. The molecule has 1 heteroatoms. The lowest BCUT2D eigenvalue weighted by molar-refractivity contribution is 1.17. The Kier molecular flexibility index (Phi) is 2.78.